The first-order valence-electron chi connectivity index (χ1n) is 3.70. The molecule has 0 spiro atoms. The number of hydrogen-bond acceptors (Lipinski definition) is 2. The van der Waals surface area contributed by atoms with Gasteiger partial charge < -0.3 is 0 Å². The van der Waals surface area contributed by atoms with Crippen LogP contribution in [0.3, 0.4) is 0 Å². The first kappa shape index (κ1) is 12.9. The molecule has 1 heterocycles. The van der Waals surface area contributed by atoms with Crippen LogP contribution in [0.4, 0.5) is 0 Å². The average Bonchev–Trinajstić information content (AvgIpc) is 2.04. The maximum Gasteiger partial charge on any atom is 0.258 e. The molecule has 2 aliphatic rings. The standard InChI is InChI=1S/C9H7NO2.2ClH/c11-8-5-6-3-1-2-4-7(6)9(12)10-8;;/h1-2,4-5H,3H2,(H,10,11,12);2*1H. The van der Waals surface area contributed by atoms with E-state index in [9.17, 15) is 9.59 Å². The van der Waals surface area contributed by atoms with Gasteiger partial charge >= 0.3 is 0 Å². The molecule has 1 aliphatic heterocycles. The topological polar surface area (TPSA) is 46.2 Å². The van der Waals surface area contributed by atoms with E-state index in [-0.39, 0.29) is 36.6 Å². The molecule has 5 heteroatoms. The van der Waals surface area contributed by atoms with Crippen molar-refractivity contribution >= 4 is 36.6 Å². The van der Waals surface area contributed by atoms with Crippen molar-refractivity contribution in [2.24, 2.45) is 0 Å². The summed E-state index contributed by atoms with van der Waals surface area (Å²) in [5.41, 5.74) is 1.42. The number of allylic oxidation sites excluding steroid dienone is 3. The third-order valence-electron chi connectivity index (χ3n) is 1.87. The van der Waals surface area contributed by atoms with Gasteiger partial charge in [-0.2, -0.15) is 0 Å². The number of carbonyl (C=O) groups is 2. The van der Waals surface area contributed by atoms with Gasteiger partial charge in [0.1, 0.15) is 0 Å². The van der Waals surface area contributed by atoms with E-state index < -0.39 is 0 Å². The fourth-order valence-electron chi connectivity index (χ4n) is 1.31. The van der Waals surface area contributed by atoms with E-state index in [1.165, 1.54) is 6.08 Å². The number of fused-ring (bicyclic) bond motifs is 1. The highest BCUT2D eigenvalue weighted by Gasteiger charge is 2.22. The fraction of sp³-hybridized carbons (Fsp3) is 0.111. The highest BCUT2D eigenvalue weighted by Crippen LogP contribution is 2.21. The number of hydrogen-bond donors (Lipinski definition) is 1. The Morgan fingerprint density at radius 3 is 2.64 bits per heavy atom. The lowest BCUT2D eigenvalue weighted by molar-refractivity contribution is -0.126. The summed E-state index contributed by atoms with van der Waals surface area (Å²) >= 11 is 0. The molecule has 0 fully saturated rings. The van der Waals surface area contributed by atoms with Gasteiger partial charge in [-0.1, -0.05) is 12.2 Å². The summed E-state index contributed by atoms with van der Waals surface area (Å²) in [6.45, 7) is 0. The van der Waals surface area contributed by atoms with Gasteiger partial charge in [0, 0.05) is 11.6 Å². The molecular weight excluding hydrogens is 225 g/mol. The van der Waals surface area contributed by atoms with Crippen molar-refractivity contribution in [3.05, 3.63) is 35.5 Å². The first-order valence-corrected chi connectivity index (χ1v) is 3.70. The summed E-state index contributed by atoms with van der Waals surface area (Å²) in [4.78, 5) is 22.0. The first-order chi connectivity index (χ1) is 5.77. The molecule has 76 valence electrons. The smallest absolute Gasteiger partial charge is 0.258 e. The molecule has 2 amide bonds. The normalized spacial score (nSPS) is 18.0. The molecular formula is C9H9Cl2NO2. The summed E-state index contributed by atoms with van der Waals surface area (Å²) < 4.78 is 0. The second-order valence-corrected chi connectivity index (χ2v) is 2.70. The SMILES string of the molecule is Cl.Cl.O=C1C=C2CC=CC=C2C(=O)N1. The average molecular weight is 234 g/mol. The molecule has 1 aliphatic carbocycles. The van der Waals surface area contributed by atoms with Crippen LogP contribution >= 0.6 is 24.8 Å². The molecule has 0 saturated heterocycles. The predicted molar refractivity (Wildman–Crippen MR) is 57.6 cm³/mol. The van der Waals surface area contributed by atoms with Crippen LogP contribution in [0.25, 0.3) is 0 Å². The number of carbonyl (C=O) groups excluding carboxylic acids is 2. The van der Waals surface area contributed by atoms with Crippen LogP contribution < -0.4 is 5.32 Å². The van der Waals surface area contributed by atoms with Crippen molar-refractivity contribution in [2.75, 3.05) is 0 Å². The largest absolute Gasteiger partial charge is 0.289 e. The van der Waals surface area contributed by atoms with Gasteiger partial charge in [-0.3, -0.25) is 14.9 Å². The van der Waals surface area contributed by atoms with E-state index in [4.69, 9.17) is 0 Å². The molecule has 0 unspecified atom stereocenters. The van der Waals surface area contributed by atoms with E-state index in [0.717, 1.165) is 5.57 Å². The summed E-state index contributed by atoms with van der Waals surface area (Å²) in [5.74, 6) is -0.607. The summed E-state index contributed by atoms with van der Waals surface area (Å²) in [5, 5.41) is 2.22. The Morgan fingerprint density at radius 2 is 1.93 bits per heavy atom. The third kappa shape index (κ3) is 2.25. The second kappa shape index (κ2) is 4.98. The van der Waals surface area contributed by atoms with Gasteiger partial charge in [-0.25, -0.2) is 0 Å². The van der Waals surface area contributed by atoms with Gasteiger partial charge in [0.15, 0.2) is 0 Å². The van der Waals surface area contributed by atoms with E-state index in [0.29, 0.717) is 12.0 Å². The van der Waals surface area contributed by atoms with Gasteiger partial charge in [0.2, 0.25) is 0 Å². The minimum atomic E-state index is -0.317. The van der Waals surface area contributed by atoms with Gasteiger partial charge in [0.05, 0.1) is 0 Å². The minimum absolute atomic E-state index is 0. The molecule has 2 rings (SSSR count). The van der Waals surface area contributed by atoms with Crippen molar-refractivity contribution in [2.45, 2.75) is 6.42 Å². The highest BCUT2D eigenvalue weighted by molar-refractivity contribution is 6.14. The lowest BCUT2D eigenvalue weighted by Crippen LogP contribution is -2.35. The summed E-state index contributed by atoms with van der Waals surface area (Å²) in [7, 11) is 0. The molecule has 1 N–H and O–H groups in total. The molecule has 0 aromatic carbocycles. The van der Waals surface area contributed by atoms with Crippen LogP contribution in [0.2, 0.25) is 0 Å². The van der Waals surface area contributed by atoms with Gasteiger partial charge in [0.25, 0.3) is 11.8 Å². The number of nitrogens with one attached hydrogen (secondary N) is 1. The Hall–Kier alpha value is -1.06. The highest BCUT2D eigenvalue weighted by atomic mass is 35.5. The van der Waals surface area contributed by atoms with Crippen LogP contribution in [-0.2, 0) is 9.59 Å². The third-order valence-corrected chi connectivity index (χ3v) is 1.87. The molecule has 0 atom stereocenters. The van der Waals surface area contributed by atoms with E-state index in [1.54, 1.807) is 6.08 Å². The van der Waals surface area contributed by atoms with Gasteiger partial charge in [-0.05, 0) is 18.1 Å². The quantitative estimate of drug-likeness (QED) is 0.642. The number of imide groups is 1. The number of amides is 2. The summed E-state index contributed by atoms with van der Waals surface area (Å²) in [6, 6.07) is 0. The van der Waals surface area contributed by atoms with Crippen LogP contribution in [-0.4, -0.2) is 11.8 Å². The molecule has 0 aromatic heterocycles. The zero-order valence-electron chi connectivity index (χ0n) is 7.15. The molecule has 0 bridgehead atoms. The Labute approximate surface area is 93.8 Å². The molecule has 0 saturated carbocycles. The summed E-state index contributed by atoms with van der Waals surface area (Å²) in [6.07, 6.45) is 7.60. The monoisotopic (exact) mass is 233 g/mol. The molecule has 0 aromatic rings. The Bertz CT molecular complexity index is 356. The van der Waals surface area contributed by atoms with Crippen molar-refractivity contribution in [1.82, 2.24) is 5.32 Å². The maximum atomic E-state index is 11.2. The van der Waals surface area contributed by atoms with Gasteiger partial charge in [-0.15, -0.1) is 24.8 Å². The van der Waals surface area contributed by atoms with E-state index >= 15 is 0 Å². The van der Waals surface area contributed by atoms with Crippen molar-refractivity contribution in [3.63, 3.8) is 0 Å². The fourth-order valence-corrected chi connectivity index (χ4v) is 1.31. The van der Waals surface area contributed by atoms with Crippen LogP contribution in [0.1, 0.15) is 6.42 Å². The molecule has 0 radical (unpaired) electrons. The second-order valence-electron chi connectivity index (χ2n) is 2.70. The van der Waals surface area contributed by atoms with Crippen molar-refractivity contribution in [3.8, 4) is 0 Å². The predicted octanol–water partition coefficient (Wildman–Crippen LogP) is 1.30. The number of rotatable bonds is 0. The van der Waals surface area contributed by atoms with Crippen LogP contribution in [0.5, 0.6) is 0 Å². The minimum Gasteiger partial charge on any atom is -0.289 e. The number of halogens is 2. The zero-order valence-corrected chi connectivity index (χ0v) is 8.78. The van der Waals surface area contributed by atoms with Crippen molar-refractivity contribution < 1.29 is 9.59 Å². The zero-order chi connectivity index (χ0) is 8.55. The lowest BCUT2D eigenvalue weighted by atomic mass is 9.95. The Kier molecular flexibility index (Phi) is 4.60. The maximum absolute atomic E-state index is 11.2. The van der Waals surface area contributed by atoms with Crippen LogP contribution in [0, 0.1) is 0 Å². The molecule has 3 nitrogen and oxygen atoms in total. The Balaban J connectivity index is 0.000000845. The van der Waals surface area contributed by atoms with E-state index in [2.05, 4.69) is 5.32 Å². The Morgan fingerprint density at radius 1 is 1.21 bits per heavy atom. The lowest BCUT2D eigenvalue weighted by Gasteiger charge is -2.16. The van der Waals surface area contributed by atoms with E-state index in [1.807, 2.05) is 12.2 Å². The van der Waals surface area contributed by atoms with Crippen LogP contribution in [0.15, 0.2) is 35.5 Å². The van der Waals surface area contributed by atoms with Crippen molar-refractivity contribution in [1.29, 1.82) is 0 Å². The molecule has 14 heavy (non-hydrogen) atoms.